The van der Waals surface area contributed by atoms with E-state index in [0.29, 0.717) is 26.2 Å². The van der Waals surface area contributed by atoms with Crippen LogP contribution in [0.15, 0.2) is 18.2 Å². The average Bonchev–Trinajstić information content (AvgIpc) is 2.73. The van der Waals surface area contributed by atoms with Crippen LogP contribution in [-0.2, 0) is 7.05 Å². The van der Waals surface area contributed by atoms with Crippen LogP contribution in [0, 0.1) is 4.77 Å². The number of nitrogens with one attached hydrogen (secondary N) is 2. The van der Waals surface area contributed by atoms with Crippen molar-refractivity contribution in [1.29, 1.82) is 0 Å². The van der Waals surface area contributed by atoms with Crippen LogP contribution >= 0.6 is 35.4 Å². The van der Waals surface area contributed by atoms with Gasteiger partial charge in [-0.05, 0) is 37.3 Å². The fourth-order valence-electron chi connectivity index (χ4n) is 1.73. The Labute approximate surface area is 130 Å². The van der Waals surface area contributed by atoms with E-state index in [1.54, 1.807) is 23.7 Å². The van der Waals surface area contributed by atoms with Crippen molar-refractivity contribution in [3.63, 3.8) is 0 Å². The molecule has 1 unspecified atom stereocenters. The molecule has 0 bridgehead atoms. The topological polar surface area (TPSA) is 62.7 Å². The van der Waals surface area contributed by atoms with Crippen molar-refractivity contribution in [2.75, 3.05) is 0 Å². The molecule has 5 nitrogen and oxygen atoms in total. The van der Waals surface area contributed by atoms with Gasteiger partial charge in [-0.3, -0.25) is 9.89 Å². The molecule has 1 atom stereocenters. The van der Waals surface area contributed by atoms with Gasteiger partial charge in [-0.25, -0.2) is 0 Å². The van der Waals surface area contributed by atoms with Crippen LogP contribution in [0.25, 0.3) is 0 Å². The highest BCUT2D eigenvalue weighted by atomic mass is 35.5. The summed E-state index contributed by atoms with van der Waals surface area (Å²) in [5, 5.41) is 10.3. The summed E-state index contributed by atoms with van der Waals surface area (Å²) in [6, 6.07) is 4.42. The minimum atomic E-state index is -0.296. The van der Waals surface area contributed by atoms with Crippen molar-refractivity contribution < 1.29 is 4.79 Å². The molecule has 2 N–H and O–H groups in total. The summed E-state index contributed by atoms with van der Waals surface area (Å²) in [5.74, 6) is 0.383. The summed E-state index contributed by atoms with van der Waals surface area (Å²) < 4.78 is 2.20. The Hall–Kier alpha value is -1.37. The maximum atomic E-state index is 12.1. The molecule has 0 aliphatic carbocycles. The Balaban J connectivity index is 2.17. The lowest BCUT2D eigenvalue weighted by atomic mass is 10.2. The van der Waals surface area contributed by atoms with E-state index in [1.807, 2.05) is 6.92 Å². The number of benzene rings is 1. The van der Waals surface area contributed by atoms with Crippen LogP contribution in [0.2, 0.25) is 10.0 Å². The van der Waals surface area contributed by atoms with Crippen LogP contribution < -0.4 is 5.32 Å². The van der Waals surface area contributed by atoms with Gasteiger partial charge in [0.2, 0.25) is 0 Å². The van der Waals surface area contributed by atoms with Crippen molar-refractivity contribution in [1.82, 2.24) is 20.1 Å². The van der Waals surface area contributed by atoms with E-state index in [0.717, 1.165) is 0 Å². The zero-order chi connectivity index (χ0) is 14.9. The molecule has 1 aromatic heterocycles. The molecule has 2 aromatic rings. The molecular weight excluding hydrogens is 319 g/mol. The average molecular weight is 331 g/mol. The Bertz CT molecular complexity index is 710. The van der Waals surface area contributed by atoms with Crippen LogP contribution in [0.3, 0.4) is 0 Å². The van der Waals surface area contributed by atoms with Crippen LogP contribution in [-0.4, -0.2) is 20.7 Å². The number of hydrogen-bond acceptors (Lipinski definition) is 3. The van der Waals surface area contributed by atoms with Crippen LogP contribution in [0.1, 0.15) is 29.1 Å². The second-order valence-electron chi connectivity index (χ2n) is 4.27. The quantitative estimate of drug-likeness (QED) is 0.849. The first kappa shape index (κ1) is 15.0. The molecule has 0 saturated heterocycles. The molecule has 20 heavy (non-hydrogen) atoms. The largest absolute Gasteiger partial charge is 0.342 e. The summed E-state index contributed by atoms with van der Waals surface area (Å²) in [6.45, 7) is 1.82. The predicted molar refractivity (Wildman–Crippen MR) is 80.7 cm³/mol. The monoisotopic (exact) mass is 330 g/mol. The fraction of sp³-hybridized carbons (Fsp3) is 0.250. The van der Waals surface area contributed by atoms with E-state index in [1.165, 1.54) is 6.07 Å². The molecule has 0 aliphatic heterocycles. The lowest BCUT2D eigenvalue weighted by molar-refractivity contribution is 0.0938. The standard InChI is InChI=1S/C12H12Cl2N4OS/c1-6(10-16-17-12(20)18(10)2)15-11(19)7-3-4-8(13)9(14)5-7/h3-6H,1-2H3,(H,15,19)(H,17,20). The Kier molecular flexibility index (Phi) is 4.47. The third kappa shape index (κ3) is 3.03. The number of nitrogens with zero attached hydrogens (tertiary/aromatic N) is 2. The number of carbonyl (C=O) groups is 1. The smallest absolute Gasteiger partial charge is 0.251 e. The van der Waals surface area contributed by atoms with Gasteiger partial charge in [0.1, 0.15) is 0 Å². The summed E-state index contributed by atoms with van der Waals surface area (Å²) in [7, 11) is 1.78. The van der Waals surface area contributed by atoms with Gasteiger partial charge in [0.15, 0.2) is 10.6 Å². The zero-order valence-electron chi connectivity index (χ0n) is 10.8. The zero-order valence-corrected chi connectivity index (χ0v) is 13.1. The minimum absolute atomic E-state index is 0.259. The van der Waals surface area contributed by atoms with E-state index in [2.05, 4.69) is 15.5 Å². The normalized spacial score (nSPS) is 12.2. The van der Waals surface area contributed by atoms with E-state index in [4.69, 9.17) is 35.4 Å². The Morgan fingerprint density at radius 3 is 2.70 bits per heavy atom. The Morgan fingerprint density at radius 2 is 2.15 bits per heavy atom. The van der Waals surface area contributed by atoms with Gasteiger partial charge in [0.25, 0.3) is 5.91 Å². The Morgan fingerprint density at radius 1 is 1.45 bits per heavy atom. The van der Waals surface area contributed by atoms with Crippen molar-refractivity contribution in [2.45, 2.75) is 13.0 Å². The molecular formula is C12H12Cl2N4OS. The number of amides is 1. The SMILES string of the molecule is CC(NC(=O)c1ccc(Cl)c(Cl)c1)c1n[nH]c(=S)n1C. The number of hydrogen-bond donors (Lipinski definition) is 2. The number of rotatable bonds is 3. The van der Waals surface area contributed by atoms with Gasteiger partial charge in [0.05, 0.1) is 16.1 Å². The van der Waals surface area contributed by atoms with Gasteiger partial charge in [-0.2, -0.15) is 5.10 Å². The second kappa shape index (κ2) is 5.95. The first-order chi connectivity index (χ1) is 9.40. The molecule has 0 fully saturated rings. The number of halogens is 2. The van der Waals surface area contributed by atoms with Crippen molar-refractivity contribution >= 4 is 41.3 Å². The van der Waals surface area contributed by atoms with Gasteiger partial charge >= 0.3 is 0 Å². The summed E-state index contributed by atoms with van der Waals surface area (Å²) in [6.07, 6.45) is 0. The van der Waals surface area contributed by atoms with Crippen LogP contribution in [0.5, 0.6) is 0 Å². The first-order valence-electron chi connectivity index (χ1n) is 5.77. The maximum absolute atomic E-state index is 12.1. The fourth-order valence-corrected chi connectivity index (χ4v) is 2.17. The number of aromatic nitrogens is 3. The van der Waals surface area contributed by atoms with Gasteiger partial charge in [-0.15, -0.1) is 0 Å². The lowest BCUT2D eigenvalue weighted by Gasteiger charge is -2.13. The van der Waals surface area contributed by atoms with Crippen molar-refractivity contribution in [3.8, 4) is 0 Å². The molecule has 1 aromatic carbocycles. The molecule has 1 amide bonds. The summed E-state index contributed by atoms with van der Waals surface area (Å²) in [4.78, 5) is 12.1. The number of carbonyl (C=O) groups excluding carboxylic acids is 1. The summed E-state index contributed by atoms with van der Waals surface area (Å²) in [5.41, 5.74) is 0.433. The molecule has 0 aliphatic rings. The molecule has 106 valence electrons. The minimum Gasteiger partial charge on any atom is -0.342 e. The second-order valence-corrected chi connectivity index (χ2v) is 5.47. The van der Waals surface area contributed by atoms with E-state index in [9.17, 15) is 4.79 Å². The van der Waals surface area contributed by atoms with Gasteiger partial charge in [0, 0.05) is 12.6 Å². The lowest BCUT2D eigenvalue weighted by Crippen LogP contribution is -2.28. The van der Waals surface area contributed by atoms with Crippen molar-refractivity contribution in [2.24, 2.45) is 7.05 Å². The van der Waals surface area contributed by atoms with Gasteiger partial charge in [-0.1, -0.05) is 23.2 Å². The maximum Gasteiger partial charge on any atom is 0.251 e. The van der Waals surface area contributed by atoms with Gasteiger partial charge < -0.3 is 9.88 Å². The number of H-pyrrole nitrogens is 1. The predicted octanol–water partition coefficient (Wildman–Crippen LogP) is 3.28. The summed E-state index contributed by atoms with van der Waals surface area (Å²) >= 11 is 16.7. The number of aromatic amines is 1. The highest BCUT2D eigenvalue weighted by Crippen LogP contribution is 2.22. The van der Waals surface area contributed by atoms with Crippen molar-refractivity contribution in [3.05, 3.63) is 44.4 Å². The molecule has 0 spiro atoms. The molecule has 2 rings (SSSR count). The third-order valence-corrected chi connectivity index (χ3v) is 3.94. The van der Waals surface area contributed by atoms with E-state index < -0.39 is 0 Å². The highest BCUT2D eigenvalue weighted by molar-refractivity contribution is 7.71. The van der Waals surface area contributed by atoms with E-state index >= 15 is 0 Å². The molecule has 0 radical (unpaired) electrons. The first-order valence-corrected chi connectivity index (χ1v) is 6.93. The molecule has 8 heteroatoms. The molecule has 1 heterocycles. The third-order valence-electron chi connectivity index (χ3n) is 2.83. The molecule has 0 saturated carbocycles. The highest BCUT2D eigenvalue weighted by Gasteiger charge is 2.16. The van der Waals surface area contributed by atoms with E-state index in [-0.39, 0.29) is 11.9 Å². The van der Waals surface area contributed by atoms with Crippen LogP contribution in [0.4, 0.5) is 0 Å².